The summed E-state index contributed by atoms with van der Waals surface area (Å²) >= 11 is 0. The molecule has 2 aliphatic heterocycles. The van der Waals surface area contributed by atoms with Gasteiger partial charge in [0, 0.05) is 32.6 Å². The molecule has 0 saturated carbocycles. The Morgan fingerprint density at radius 2 is 2.11 bits per heavy atom. The van der Waals surface area contributed by atoms with Gasteiger partial charge in [-0.05, 0) is 18.2 Å². The molecule has 0 unspecified atom stereocenters. The minimum absolute atomic E-state index is 0.246. The zero-order valence-electron chi connectivity index (χ0n) is 15.6. The van der Waals surface area contributed by atoms with Crippen molar-refractivity contribution in [2.24, 2.45) is 5.10 Å². The zero-order valence-corrected chi connectivity index (χ0v) is 15.6. The summed E-state index contributed by atoms with van der Waals surface area (Å²) in [5.41, 5.74) is 0.915. The van der Waals surface area contributed by atoms with Gasteiger partial charge in [-0.3, -0.25) is 15.1 Å². The van der Waals surface area contributed by atoms with E-state index in [-0.39, 0.29) is 11.5 Å². The maximum atomic E-state index is 12.7. The number of rotatable bonds is 5. The van der Waals surface area contributed by atoms with Gasteiger partial charge in [-0.2, -0.15) is 5.10 Å². The molecule has 1 aromatic carbocycles. The third kappa shape index (κ3) is 4.03. The summed E-state index contributed by atoms with van der Waals surface area (Å²) in [7, 11) is 4.61. The molecule has 0 radical (unpaired) electrons. The Bertz CT molecular complexity index is 799. The molecule has 2 N–H and O–H groups in total. The van der Waals surface area contributed by atoms with E-state index in [1.807, 2.05) is 13.1 Å². The Morgan fingerprint density at radius 1 is 1.30 bits per heavy atom. The lowest BCUT2D eigenvalue weighted by Gasteiger charge is -2.29. The van der Waals surface area contributed by atoms with E-state index in [0.717, 1.165) is 25.6 Å². The van der Waals surface area contributed by atoms with E-state index in [9.17, 15) is 9.59 Å². The average molecular weight is 373 g/mol. The number of carbonyl (C=O) groups is 2. The second-order valence-corrected chi connectivity index (χ2v) is 6.12. The van der Waals surface area contributed by atoms with Crippen molar-refractivity contribution >= 4 is 23.3 Å². The van der Waals surface area contributed by atoms with Crippen LogP contribution in [0.5, 0.6) is 5.75 Å². The number of amides is 1. The van der Waals surface area contributed by atoms with Crippen LogP contribution in [0, 0.1) is 0 Å². The van der Waals surface area contributed by atoms with Crippen molar-refractivity contribution in [3.05, 3.63) is 35.7 Å². The summed E-state index contributed by atoms with van der Waals surface area (Å²) in [6.07, 6.45) is 2.38. The van der Waals surface area contributed by atoms with Crippen molar-refractivity contribution in [2.45, 2.75) is 6.42 Å². The Kier molecular flexibility index (Phi) is 5.60. The summed E-state index contributed by atoms with van der Waals surface area (Å²) < 4.78 is 9.95. The van der Waals surface area contributed by atoms with Gasteiger partial charge in [0.1, 0.15) is 17.3 Å². The normalized spacial score (nSPS) is 16.6. The Balaban J connectivity index is 1.76. The lowest BCUT2D eigenvalue weighted by molar-refractivity contribution is -0.110. The van der Waals surface area contributed by atoms with Crippen LogP contribution in [0.3, 0.4) is 0 Å². The molecule has 2 heterocycles. The number of hydrogen-bond donors (Lipinski definition) is 2. The number of carbonyl (C=O) groups excluding carboxylic acids is 2. The average Bonchev–Trinajstić information content (AvgIpc) is 3.21. The van der Waals surface area contributed by atoms with Crippen molar-refractivity contribution in [3.63, 3.8) is 0 Å². The highest BCUT2D eigenvalue weighted by Crippen LogP contribution is 2.24. The van der Waals surface area contributed by atoms with Gasteiger partial charge in [0.05, 0.1) is 32.1 Å². The van der Waals surface area contributed by atoms with Crippen LogP contribution >= 0.6 is 0 Å². The first-order valence-electron chi connectivity index (χ1n) is 8.58. The first-order valence-corrected chi connectivity index (χ1v) is 8.58. The first-order chi connectivity index (χ1) is 13.0. The molecule has 3 rings (SSSR count). The SMILES string of the molecule is COC(=O)c1ccc(OC)cc1NC(=O)C1=NN(C)C(N2CCNC2)=CC1. The molecule has 1 saturated heterocycles. The fourth-order valence-electron chi connectivity index (χ4n) is 3.00. The quantitative estimate of drug-likeness (QED) is 0.738. The topological polar surface area (TPSA) is 95.5 Å². The molecule has 1 fully saturated rings. The van der Waals surface area contributed by atoms with E-state index in [4.69, 9.17) is 9.47 Å². The molecule has 0 aromatic heterocycles. The van der Waals surface area contributed by atoms with Crippen molar-refractivity contribution in [2.75, 3.05) is 46.3 Å². The van der Waals surface area contributed by atoms with Crippen LogP contribution in [-0.4, -0.2) is 68.5 Å². The molecule has 1 aromatic rings. The number of anilines is 1. The largest absolute Gasteiger partial charge is 0.497 e. The van der Waals surface area contributed by atoms with E-state index in [1.54, 1.807) is 23.2 Å². The molecule has 0 spiro atoms. The van der Waals surface area contributed by atoms with Crippen LogP contribution in [0.25, 0.3) is 0 Å². The number of methoxy groups -OCH3 is 2. The van der Waals surface area contributed by atoms with Crippen LogP contribution < -0.4 is 15.4 Å². The Labute approximate surface area is 157 Å². The standard InChI is InChI=1S/C18H23N5O4/c1-22-16(23-9-8-19-11-23)7-6-14(21-22)17(24)20-15-10-12(26-2)4-5-13(15)18(25)27-3/h4-5,7,10,19H,6,8-9,11H2,1-3H3,(H,20,24). The van der Waals surface area contributed by atoms with Crippen molar-refractivity contribution < 1.29 is 19.1 Å². The number of nitrogens with zero attached hydrogens (tertiary/aromatic N) is 3. The van der Waals surface area contributed by atoms with Gasteiger partial charge >= 0.3 is 5.97 Å². The highest BCUT2D eigenvalue weighted by molar-refractivity contribution is 6.43. The Hall–Kier alpha value is -3.07. The number of nitrogens with one attached hydrogen (secondary N) is 2. The van der Waals surface area contributed by atoms with E-state index in [2.05, 4.69) is 20.6 Å². The third-order valence-corrected chi connectivity index (χ3v) is 4.41. The van der Waals surface area contributed by atoms with Crippen LogP contribution in [0.15, 0.2) is 35.2 Å². The molecule has 9 heteroatoms. The maximum absolute atomic E-state index is 12.7. The van der Waals surface area contributed by atoms with Gasteiger partial charge in [-0.1, -0.05) is 0 Å². The van der Waals surface area contributed by atoms with Gasteiger partial charge in [-0.15, -0.1) is 0 Å². The van der Waals surface area contributed by atoms with Crippen LogP contribution in [0.2, 0.25) is 0 Å². The molecule has 2 aliphatic rings. The van der Waals surface area contributed by atoms with Crippen LogP contribution in [-0.2, 0) is 9.53 Å². The van der Waals surface area contributed by atoms with E-state index in [1.165, 1.54) is 14.2 Å². The van der Waals surface area contributed by atoms with Crippen molar-refractivity contribution in [3.8, 4) is 5.75 Å². The summed E-state index contributed by atoms with van der Waals surface area (Å²) in [5, 5.41) is 12.1. The fraction of sp³-hybridized carbons (Fsp3) is 0.389. The van der Waals surface area contributed by atoms with E-state index in [0.29, 0.717) is 23.6 Å². The monoisotopic (exact) mass is 373 g/mol. The van der Waals surface area contributed by atoms with Crippen molar-refractivity contribution in [1.82, 2.24) is 15.2 Å². The van der Waals surface area contributed by atoms with E-state index >= 15 is 0 Å². The van der Waals surface area contributed by atoms with Gasteiger partial charge < -0.3 is 19.7 Å². The number of ether oxygens (including phenoxy) is 2. The molecular weight excluding hydrogens is 350 g/mol. The molecule has 0 atom stereocenters. The third-order valence-electron chi connectivity index (χ3n) is 4.41. The number of hydrazone groups is 1. The van der Waals surface area contributed by atoms with E-state index < -0.39 is 5.97 Å². The molecule has 1 amide bonds. The van der Waals surface area contributed by atoms with Crippen LogP contribution in [0.1, 0.15) is 16.8 Å². The highest BCUT2D eigenvalue weighted by atomic mass is 16.5. The first kappa shape index (κ1) is 18.7. The minimum Gasteiger partial charge on any atom is -0.497 e. The molecule has 144 valence electrons. The van der Waals surface area contributed by atoms with Gasteiger partial charge in [0.2, 0.25) is 0 Å². The predicted molar refractivity (Wildman–Crippen MR) is 100 cm³/mol. The molecule has 27 heavy (non-hydrogen) atoms. The number of esters is 1. The molecular formula is C18H23N5O4. The second kappa shape index (κ2) is 8.09. The zero-order chi connectivity index (χ0) is 19.4. The summed E-state index contributed by atoms with van der Waals surface area (Å²) in [4.78, 5) is 26.8. The molecule has 0 aliphatic carbocycles. The number of allylic oxidation sites excluding steroid dienone is 1. The summed E-state index contributed by atoms with van der Waals surface area (Å²) in [6.45, 7) is 2.59. The Morgan fingerprint density at radius 3 is 2.74 bits per heavy atom. The molecule has 9 nitrogen and oxygen atoms in total. The summed E-state index contributed by atoms with van der Waals surface area (Å²) in [6, 6.07) is 4.76. The van der Waals surface area contributed by atoms with Crippen LogP contribution in [0.4, 0.5) is 5.69 Å². The predicted octanol–water partition coefficient (Wildman–Crippen LogP) is 0.816. The fourth-order valence-corrected chi connectivity index (χ4v) is 3.00. The van der Waals surface area contributed by atoms with Gasteiger partial charge in [0.15, 0.2) is 0 Å². The second-order valence-electron chi connectivity index (χ2n) is 6.12. The smallest absolute Gasteiger partial charge is 0.339 e. The van der Waals surface area contributed by atoms with Crippen molar-refractivity contribution in [1.29, 1.82) is 0 Å². The number of hydrogen-bond acceptors (Lipinski definition) is 8. The number of benzene rings is 1. The lowest BCUT2D eigenvalue weighted by Crippen LogP contribution is -2.35. The lowest BCUT2D eigenvalue weighted by atomic mass is 10.1. The molecule has 0 bridgehead atoms. The minimum atomic E-state index is -0.542. The highest BCUT2D eigenvalue weighted by Gasteiger charge is 2.24. The van der Waals surface area contributed by atoms with Gasteiger partial charge in [0.25, 0.3) is 5.91 Å². The summed E-state index contributed by atoms with van der Waals surface area (Å²) in [5.74, 6) is 0.562. The van der Waals surface area contributed by atoms with Gasteiger partial charge in [-0.25, -0.2) is 4.79 Å². The maximum Gasteiger partial charge on any atom is 0.339 e.